The van der Waals surface area contributed by atoms with E-state index in [9.17, 15) is 4.39 Å². The first-order valence-corrected chi connectivity index (χ1v) is 8.18. The van der Waals surface area contributed by atoms with E-state index >= 15 is 0 Å². The van der Waals surface area contributed by atoms with Crippen molar-refractivity contribution in [3.8, 4) is 17.1 Å². The SMILES string of the molecule is Fc1ccc(-n2ncc3c2ncn2nc(-c4ccc(Cl)cc4)nc32)cc1. The van der Waals surface area contributed by atoms with Gasteiger partial charge in [-0.2, -0.15) is 5.10 Å². The molecule has 0 aliphatic carbocycles. The predicted molar refractivity (Wildman–Crippen MR) is 95.8 cm³/mol. The normalized spacial score (nSPS) is 11.5. The van der Waals surface area contributed by atoms with E-state index in [1.807, 2.05) is 12.1 Å². The fraction of sp³-hybridized carbons (Fsp3) is 0. The summed E-state index contributed by atoms with van der Waals surface area (Å²) in [5.74, 6) is 0.274. The number of benzene rings is 2. The molecule has 0 fully saturated rings. The highest BCUT2D eigenvalue weighted by Crippen LogP contribution is 2.23. The molecule has 5 aromatic rings. The first kappa shape index (κ1) is 15.0. The summed E-state index contributed by atoms with van der Waals surface area (Å²) in [6.07, 6.45) is 3.27. The summed E-state index contributed by atoms with van der Waals surface area (Å²) < 4.78 is 16.4. The fourth-order valence-electron chi connectivity index (χ4n) is 2.81. The molecule has 0 spiro atoms. The van der Waals surface area contributed by atoms with Crippen molar-refractivity contribution in [3.63, 3.8) is 0 Å². The zero-order chi connectivity index (χ0) is 17.7. The molecule has 0 unspecified atom stereocenters. The van der Waals surface area contributed by atoms with Crippen LogP contribution in [0.25, 0.3) is 33.8 Å². The Morgan fingerprint density at radius 1 is 0.923 bits per heavy atom. The van der Waals surface area contributed by atoms with E-state index in [0.29, 0.717) is 22.1 Å². The number of rotatable bonds is 2. The van der Waals surface area contributed by atoms with Gasteiger partial charge in [0.1, 0.15) is 12.1 Å². The van der Waals surface area contributed by atoms with Gasteiger partial charge in [0.05, 0.1) is 17.3 Å². The number of nitrogens with zero attached hydrogens (tertiary/aromatic N) is 6. The maximum absolute atomic E-state index is 13.2. The minimum Gasteiger partial charge on any atom is -0.216 e. The Balaban J connectivity index is 1.68. The molecule has 3 aromatic heterocycles. The van der Waals surface area contributed by atoms with Crippen molar-refractivity contribution >= 4 is 28.3 Å². The third kappa shape index (κ3) is 2.33. The van der Waals surface area contributed by atoms with Gasteiger partial charge < -0.3 is 0 Å². The minimum atomic E-state index is -0.300. The summed E-state index contributed by atoms with van der Waals surface area (Å²) in [7, 11) is 0. The van der Waals surface area contributed by atoms with Crippen molar-refractivity contribution in [3.05, 3.63) is 71.9 Å². The monoisotopic (exact) mass is 364 g/mol. The van der Waals surface area contributed by atoms with E-state index < -0.39 is 0 Å². The van der Waals surface area contributed by atoms with Crippen LogP contribution in [0.4, 0.5) is 4.39 Å². The largest absolute Gasteiger partial charge is 0.216 e. The molecule has 0 aliphatic heterocycles. The highest BCUT2D eigenvalue weighted by Gasteiger charge is 2.14. The number of fused-ring (bicyclic) bond motifs is 3. The number of hydrogen-bond donors (Lipinski definition) is 0. The van der Waals surface area contributed by atoms with Crippen molar-refractivity contribution in [2.75, 3.05) is 0 Å². The summed E-state index contributed by atoms with van der Waals surface area (Å²) in [5, 5.41) is 10.3. The van der Waals surface area contributed by atoms with Crippen molar-refractivity contribution in [1.29, 1.82) is 0 Å². The van der Waals surface area contributed by atoms with Crippen molar-refractivity contribution in [2.24, 2.45) is 0 Å². The molecule has 6 nitrogen and oxygen atoms in total. The smallest absolute Gasteiger partial charge is 0.182 e. The molecular weight excluding hydrogens is 355 g/mol. The van der Waals surface area contributed by atoms with Crippen LogP contribution in [0.15, 0.2) is 61.1 Å². The van der Waals surface area contributed by atoms with Crippen molar-refractivity contribution in [2.45, 2.75) is 0 Å². The quantitative estimate of drug-likeness (QED) is 0.476. The lowest BCUT2D eigenvalue weighted by atomic mass is 10.2. The van der Waals surface area contributed by atoms with Crippen LogP contribution in [0.3, 0.4) is 0 Å². The van der Waals surface area contributed by atoms with Crippen LogP contribution in [0.5, 0.6) is 0 Å². The first-order chi connectivity index (χ1) is 12.7. The number of aromatic nitrogens is 6. The topological polar surface area (TPSA) is 60.9 Å². The molecule has 5 rings (SSSR count). The Bertz CT molecular complexity index is 1240. The highest BCUT2D eigenvalue weighted by atomic mass is 35.5. The van der Waals surface area contributed by atoms with Gasteiger partial charge in [-0.3, -0.25) is 0 Å². The van der Waals surface area contributed by atoms with Gasteiger partial charge in [-0.05, 0) is 48.5 Å². The van der Waals surface area contributed by atoms with E-state index in [4.69, 9.17) is 11.6 Å². The summed E-state index contributed by atoms with van der Waals surface area (Å²) in [6, 6.07) is 13.4. The molecule has 0 bridgehead atoms. The molecule has 26 heavy (non-hydrogen) atoms. The highest BCUT2D eigenvalue weighted by molar-refractivity contribution is 6.30. The molecule has 0 amide bonds. The van der Waals surface area contributed by atoms with E-state index in [0.717, 1.165) is 16.6 Å². The Kier molecular flexibility index (Phi) is 3.23. The Morgan fingerprint density at radius 3 is 2.46 bits per heavy atom. The molecule has 3 heterocycles. The fourth-order valence-corrected chi connectivity index (χ4v) is 2.94. The van der Waals surface area contributed by atoms with Crippen LogP contribution >= 0.6 is 11.6 Å². The van der Waals surface area contributed by atoms with Gasteiger partial charge in [0.15, 0.2) is 17.1 Å². The molecule has 0 aliphatic rings. The lowest BCUT2D eigenvalue weighted by Gasteiger charge is -2.02. The van der Waals surface area contributed by atoms with Crippen LogP contribution in [-0.2, 0) is 0 Å². The molecule has 8 heteroatoms. The van der Waals surface area contributed by atoms with Gasteiger partial charge in [0, 0.05) is 10.6 Å². The lowest BCUT2D eigenvalue weighted by Crippen LogP contribution is -1.99. The molecule has 0 saturated heterocycles. The minimum absolute atomic E-state index is 0.300. The molecule has 0 radical (unpaired) electrons. The summed E-state index contributed by atoms with van der Waals surface area (Å²) in [5.41, 5.74) is 2.85. The lowest BCUT2D eigenvalue weighted by molar-refractivity contribution is 0.627. The second kappa shape index (κ2) is 5.60. The summed E-state index contributed by atoms with van der Waals surface area (Å²) in [4.78, 5) is 9.05. The number of halogens is 2. The molecule has 0 atom stereocenters. The van der Waals surface area contributed by atoms with Crippen LogP contribution in [-0.4, -0.2) is 29.4 Å². The average Bonchev–Trinajstić information content (AvgIpc) is 3.26. The average molecular weight is 365 g/mol. The third-order valence-corrected chi connectivity index (χ3v) is 4.33. The van der Waals surface area contributed by atoms with E-state index in [1.165, 1.54) is 12.1 Å². The first-order valence-electron chi connectivity index (χ1n) is 7.80. The van der Waals surface area contributed by atoms with Gasteiger partial charge in [-0.25, -0.2) is 23.6 Å². The second-order valence-electron chi connectivity index (χ2n) is 5.73. The van der Waals surface area contributed by atoms with Crippen molar-refractivity contribution in [1.82, 2.24) is 29.4 Å². The van der Waals surface area contributed by atoms with Crippen molar-refractivity contribution < 1.29 is 4.39 Å². The molecule has 0 N–H and O–H groups in total. The zero-order valence-electron chi connectivity index (χ0n) is 13.2. The predicted octanol–water partition coefficient (Wildman–Crippen LogP) is 3.92. The standard InChI is InChI=1S/C18H10ClFN6/c19-12-3-1-11(2-4-12)16-23-18-15-9-22-26(14-7-5-13(20)6-8-14)17(15)21-10-25(18)24-16/h1-10H. The van der Waals surface area contributed by atoms with Crippen LogP contribution in [0, 0.1) is 5.82 Å². The second-order valence-corrected chi connectivity index (χ2v) is 6.16. The molecule has 126 valence electrons. The molecular formula is C18H10ClFN6. The summed E-state index contributed by atoms with van der Waals surface area (Å²) >= 11 is 5.94. The van der Waals surface area contributed by atoms with E-state index in [-0.39, 0.29) is 5.82 Å². The molecule has 2 aromatic carbocycles. The Hall–Kier alpha value is -3.32. The van der Waals surface area contributed by atoms with E-state index in [1.54, 1.807) is 46.0 Å². The maximum atomic E-state index is 13.2. The summed E-state index contributed by atoms with van der Waals surface area (Å²) in [6.45, 7) is 0. The van der Waals surface area contributed by atoms with E-state index in [2.05, 4.69) is 20.2 Å². The molecule has 0 saturated carbocycles. The third-order valence-electron chi connectivity index (χ3n) is 4.08. The van der Waals surface area contributed by atoms with Gasteiger partial charge >= 0.3 is 0 Å². The van der Waals surface area contributed by atoms with Crippen LogP contribution in [0.1, 0.15) is 0 Å². The van der Waals surface area contributed by atoms with Crippen LogP contribution in [0.2, 0.25) is 5.02 Å². The number of hydrogen-bond acceptors (Lipinski definition) is 4. The van der Waals surface area contributed by atoms with Gasteiger partial charge in [-0.1, -0.05) is 11.6 Å². The van der Waals surface area contributed by atoms with Gasteiger partial charge in [-0.15, -0.1) is 5.10 Å². The van der Waals surface area contributed by atoms with Gasteiger partial charge in [0.25, 0.3) is 0 Å². The van der Waals surface area contributed by atoms with Gasteiger partial charge in [0.2, 0.25) is 0 Å². The maximum Gasteiger partial charge on any atom is 0.182 e. The Labute approximate surface area is 151 Å². The Morgan fingerprint density at radius 2 is 1.69 bits per heavy atom. The zero-order valence-corrected chi connectivity index (χ0v) is 14.0. The van der Waals surface area contributed by atoms with Crippen LogP contribution < -0.4 is 0 Å².